The molecule has 13 unspecified atom stereocenters. The minimum absolute atomic E-state index is 0.215. The monoisotopic (exact) mass is 546 g/mol. The van der Waals surface area contributed by atoms with Gasteiger partial charge >= 0.3 is 0 Å². The molecule has 5 rings (SSSR count). The average Bonchev–Trinajstić information content (AvgIpc) is 3.32. The fourth-order valence-electron chi connectivity index (χ4n) is 11.3. The third-order valence-electron chi connectivity index (χ3n) is 13.9. The van der Waals surface area contributed by atoms with Gasteiger partial charge in [-0.05, 0) is 104 Å². The molecule has 0 aromatic rings. The highest BCUT2D eigenvalue weighted by atomic mass is 28.3. The zero-order valence-electron chi connectivity index (χ0n) is 28.0. The third kappa shape index (κ3) is 4.49. The maximum atomic E-state index is 2.87. The highest BCUT2D eigenvalue weighted by Crippen LogP contribution is 2.69. The summed E-state index contributed by atoms with van der Waals surface area (Å²) in [6.45, 7) is 36.0. The van der Waals surface area contributed by atoms with Crippen LogP contribution in [0.5, 0.6) is 0 Å². The summed E-state index contributed by atoms with van der Waals surface area (Å²) in [7, 11) is -1.72. The summed E-state index contributed by atoms with van der Waals surface area (Å²) in [6, 6.07) is 0. The fourth-order valence-corrected chi connectivity index (χ4v) is 17.6. The highest BCUT2D eigenvalue weighted by Gasteiger charge is 2.64. The summed E-state index contributed by atoms with van der Waals surface area (Å²) in [5, 5.41) is 0. The molecular formula is C38H62Si. The molecule has 218 valence electrons. The molecule has 0 nitrogen and oxygen atoms in total. The lowest BCUT2D eigenvalue weighted by molar-refractivity contribution is 0.0135. The van der Waals surface area contributed by atoms with Gasteiger partial charge in [0.2, 0.25) is 0 Å². The van der Waals surface area contributed by atoms with Crippen LogP contribution < -0.4 is 0 Å². The van der Waals surface area contributed by atoms with E-state index in [-0.39, 0.29) is 10.8 Å². The van der Waals surface area contributed by atoms with Gasteiger partial charge in [0.05, 0.1) is 8.07 Å². The van der Waals surface area contributed by atoms with Crippen LogP contribution in [0.2, 0.25) is 24.2 Å². The number of rotatable bonds is 2. The smallest absolute Gasteiger partial charge is 0.0553 e. The molecule has 5 aliphatic rings. The van der Waals surface area contributed by atoms with Gasteiger partial charge < -0.3 is 0 Å². The Hall–Kier alpha value is -0.823. The van der Waals surface area contributed by atoms with Crippen molar-refractivity contribution in [2.24, 2.45) is 81.8 Å². The van der Waals surface area contributed by atoms with Gasteiger partial charge in [-0.25, -0.2) is 0 Å². The molecule has 0 heterocycles. The molecule has 3 fully saturated rings. The van der Waals surface area contributed by atoms with Crippen LogP contribution in [-0.4, -0.2) is 8.07 Å². The third-order valence-corrected chi connectivity index (χ3v) is 19.0. The molecule has 1 heteroatoms. The average molecular weight is 547 g/mol. The van der Waals surface area contributed by atoms with Crippen LogP contribution in [0.1, 0.15) is 83.1 Å². The summed E-state index contributed by atoms with van der Waals surface area (Å²) in [5.41, 5.74) is 5.32. The first-order valence-electron chi connectivity index (χ1n) is 16.7. The number of hydrogen-bond acceptors (Lipinski definition) is 0. The Morgan fingerprint density at radius 2 is 0.872 bits per heavy atom. The molecular weight excluding hydrogens is 485 g/mol. The van der Waals surface area contributed by atoms with Crippen molar-refractivity contribution >= 4 is 8.07 Å². The van der Waals surface area contributed by atoms with Crippen molar-refractivity contribution in [2.45, 2.75) is 107 Å². The van der Waals surface area contributed by atoms with E-state index in [9.17, 15) is 0 Å². The Balaban J connectivity index is 1.64. The van der Waals surface area contributed by atoms with E-state index in [2.05, 4.69) is 133 Å². The van der Waals surface area contributed by atoms with E-state index in [0.29, 0.717) is 23.7 Å². The van der Waals surface area contributed by atoms with E-state index in [1.807, 2.05) is 0 Å². The Morgan fingerprint density at radius 3 is 1.28 bits per heavy atom. The molecule has 0 aliphatic heterocycles. The quantitative estimate of drug-likeness (QED) is 0.302. The second kappa shape index (κ2) is 9.60. The van der Waals surface area contributed by atoms with Gasteiger partial charge in [-0.2, -0.15) is 0 Å². The Bertz CT molecular complexity index is 1020. The topological polar surface area (TPSA) is 0 Å². The Morgan fingerprint density at radius 1 is 0.487 bits per heavy atom. The van der Waals surface area contributed by atoms with Crippen molar-refractivity contribution in [2.75, 3.05) is 0 Å². The predicted octanol–water partition coefficient (Wildman–Crippen LogP) is 11.1. The van der Waals surface area contributed by atoms with Crippen molar-refractivity contribution in [3.05, 3.63) is 47.6 Å². The minimum atomic E-state index is -1.72. The van der Waals surface area contributed by atoms with E-state index in [0.717, 1.165) is 58.4 Å². The molecule has 0 N–H and O–H groups in total. The van der Waals surface area contributed by atoms with Crippen molar-refractivity contribution in [1.82, 2.24) is 0 Å². The van der Waals surface area contributed by atoms with Gasteiger partial charge in [0.25, 0.3) is 0 Å². The highest BCUT2D eigenvalue weighted by molar-refractivity contribution is 6.80. The minimum Gasteiger partial charge on any atom is -0.0799 e. The first kappa shape index (κ1) is 29.7. The summed E-state index contributed by atoms with van der Waals surface area (Å²) >= 11 is 0. The number of hydrogen-bond donors (Lipinski definition) is 0. The van der Waals surface area contributed by atoms with Crippen molar-refractivity contribution in [3.63, 3.8) is 0 Å². The lowest BCUT2D eigenvalue weighted by atomic mass is 9.58. The van der Waals surface area contributed by atoms with Crippen LogP contribution in [0.25, 0.3) is 0 Å². The molecule has 0 aromatic heterocycles. The van der Waals surface area contributed by atoms with E-state index in [4.69, 9.17) is 0 Å². The van der Waals surface area contributed by atoms with Gasteiger partial charge in [0, 0.05) is 0 Å². The zero-order valence-corrected chi connectivity index (χ0v) is 29.0. The van der Waals surface area contributed by atoms with E-state index in [1.165, 1.54) is 0 Å². The lowest BCUT2D eigenvalue weighted by Crippen LogP contribution is -2.50. The van der Waals surface area contributed by atoms with Crippen LogP contribution in [0.15, 0.2) is 47.6 Å². The summed E-state index contributed by atoms with van der Waals surface area (Å²) in [4.78, 5) is 0. The van der Waals surface area contributed by atoms with Crippen LogP contribution in [0.4, 0.5) is 0 Å². The molecule has 0 aromatic carbocycles. The molecule has 13 atom stereocenters. The zero-order chi connectivity index (χ0) is 29.0. The van der Waals surface area contributed by atoms with Crippen molar-refractivity contribution in [3.8, 4) is 0 Å². The van der Waals surface area contributed by atoms with Gasteiger partial charge in [0.15, 0.2) is 0 Å². The fraction of sp³-hybridized carbons (Fsp3) is 0.789. The van der Waals surface area contributed by atoms with Gasteiger partial charge in [0.1, 0.15) is 0 Å². The molecule has 39 heavy (non-hydrogen) atoms. The van der Waals surface area contributed by atoms with Crippen LogP contribution in [0.3, 0.4) is 0 Å². The summed E-state index contributed by atoms with van der Waals surface area (Å²) < 4.78 is 0. The largest absolute Gasteiger partial charge is 0.0799 e. The molecule has 0 amide bonds. The lowest BCUT2D eigenvalue weighted by Gasteiger charge is -2.52. The molecule has 0 spiro atoms. The molecule has 0 radical (unpaired) electrons. The van der Waals surface area contributed by atoms with Crippen molar-refractivity contribution < 1.29 is 0 Å². The van der Waals surface area contributed by atoms with Crippen molar-refractivity contribution in [1.29, 1.82) is 0 Å². The van der Waals surface area contributed by atoms with Gasteiger partial charge in [-0.3, -0.25) is 0 Å². The molecule has 5 aliphatic carbocycles. The maximum Gasteiger partial charge on any atom is 0.0553 e. The standard InChI is InChI=1S/C38H62Si/c1-21-22(2)24(4)34-33(23(21)3)25(5)26(6)35(34)39(13,14)36-31-19-27(37(7,8)9)15-17-29(31)30-18-16-28(20-32(30)36)38(10,11)12/h15-26,29-36H,1-14H3. The van der Waals surface area contributed by atoms with Gasteiger partial charge in [-0.15, -0.1) is 0 Å². The number of fused-ring (bicyclic) bond motifs is 4. The number of allylic oxidation sites excluding steroid dienone is 8. The van der Waals surface area contributed by atoms with Gasteiger partial charge in [-0.1, -0.05) is 133 Å². The van der Waals surface area contributed by atoms with Crippen LogP contribution in [0, 0.1) is 81.8 Å². The second-order valence-electron chi connectivity index (χ2n) is 18.0. The second-order valence-corrected chi connectivity index (χ2v) is 22.9. The Kier molecular flexibility index (Phi) is 7.30. The van der Waals surface area contributed by atoms with E-state index in [1.54, 1.807) is 11.1 Å². The maximum absolute atomic E-state index is 2.87. The summed E-state index contributed by atoms with van der Waals surface area (Å²) in [5.74, 6) is 9.61. The molecule has 3 saturated carbocycles. The van der Waals surface area contributed by atoms with E-state index < -0.39 is 8.07 Å². The van der Waals surface area contributed by atoms with E-state index >= 15 is 0 Å². The first-order valence-corrected chi connectivity index (χ1v) is 19.9. The first-order chi connectivity index (χ1) is 17.9. The summed E-state index contributed by atoms with van der Waals surface area (Å²) in [6.07, 6.45) is 15.9. The van der Waals surface area contributed by atoms with Crippen LogP contribution >= 0.6 is 0 Å². The molecule has 0 bridgehead atoms. The SMILES string of the molecule is CC1C(C)C(C)C2C(C1C)C(C)C(C)C2[Si](C)(C)C1C2C=C(C(C)(C)C)C=CC2C2C=CC(C(C)(C)C)=CC21. The Labute approximate surface area is 244 Å². The van der Waals surface area contributed by atoms with Crippen LogP contribution in [-0.2, 0) is 0 Å². The normalized spacial score (nSPS) is 47.8. The predicted molar refractivity (Wildman–Crippen MR) is 174 cm³/mol. The molecule has 0 saturated heterocycles.